The highest BCUT2D eigenvalue weighted by atomic mass is 16.5. The van der Waals surface area contributed by atoms with Crippen molar-refractivity contribution >= 4 is 29.9 Å². The van der Waals surface area contributed by atoms with E-state index in [4.69, 9.17) is 9.47 Å². The number of para-hydroxylation sites is 1. The molecular formula is C25H24N2O7. The number of rotatable bonds is 7. The van der Waals surface area contributed by atoms with Gasteiger partial charge in [-0.25, -0.2) is 9.59 Å². The first-order valence-electron chi connectivity index (χ1n) is 10.9. The number of methoxy groups -OCH3 is 1. The number of benzene rings is 2. The van der Waals surface area contributed by atoms with Gasteiger partial charge in [0.2, 0.25) is 0 Å². The molecule has 1 heterocycles. The minimum Gasteiger partial charge on any atom is -0.493 e. The van der Waals surface area contributed by atoms with E-state index in [-0.39, 0.29) is 29.5 Å². The number of barbiturate groups is 1. The average Bonchev–Trinajstić information content (AvgIpc) is 3.35. The monoisotopic (exact) mass is 464 g/mol. The molecule has 4 amide bonds. The van der Waals surface area contributed by atoms with E-state index in [0.29, 0.717) is 29.7 Å². The Kier molecular flexibility index (Phi) is 6.62. The first kappa shape index (κ1) is 23.0. The minimum atomic E-state index is -1.05. The van der Waals surface area contributed by atoms with Gasteiger partial charge in [0.1, 0.15) is 12.2 Å². The molecule has 0 unspecified atom stereocenters. The number of hydrogen-bond acceptors (Lipinski definition) is 6. The summed E-state index contributed by atoms with van der Waals surface area (Å²) in [5.74, 6) is -1.80. The number of imide groups is 2. The molecule has 0 spiro atoms. The number of amides is 4. The maximum atomic E-state index is 13.1. The fourth-order valence-electron chi connectivity index (χ4n) is 4.23. The summed E-state index contributed by atoms with van der Waals surface area (Å²) in [6.45, 7) is 0.0322. The van der Waals surface area contributed by atoms with Crippen molar-refractivity contribution in [1.82, 2.24) is 10.2 Å². The minimum absolute atomic E-state index is 0.0322. The number of hydrogen-bond donors (Lipinski definition) is 2. The standard InChI is InChI=1S/C25H24N2O7/c1-33-20-11-5-7-16(21(20)34-14-15-6-4-8-17(12-15)24(30)31)13-19-22(28)26-25(32)27(23(19)29)18-9-2-3-10-18/h4-8,11-13,18H,2-3,9-10,14H2,1H3,(H,30,31)(H,26,28,32)/b19-13+. The second kappa shape index (κ2) is 9.78. The number of nitrogens with zero attached hydrogens (tertiary/aromatic N) is 1. The van der Waals surface area contributed by atoms with Gasteiger partial charge in [-0.05, 0) is 42.7 Å². The van der Waals surface area contributed by atoms with Gasteiger partial charge in [0.05, 0.1) is 12.7 Å². The molecule has 0 atom stereocenters. The zero-order chi connectivity index (χ0) is 24.2. The van der Waals surface area contributed by atoms with Gasteiger partial charge in [0, 0.05) is 11.6 Å². The molecule has 1 saturated heterocycles. The van der Waals surface area contributed by atoms with Crippen LogP contribution in [0.25, 0.3) is 6.08 Å². The topological polar surface area (TPSA) is 122 Å². The lowest BCUT2D eigenvalue weighted by Gasteiger charge is -2.31. The van der Waals surface area contributed by atoms with Gasteiger partial charge in [-0.1, -0.05) is 37.1 Å². The lowest BCUT2D eigenvalue weighted by Crippen LogP contribution is -2.57. The van der Waals surface area contributed by atoms with Crippen molar-refractivity contribution in [3.05, 3.63) is 64.7 Å². The van der Waals surface area contributed by atoms with E-state index in [0.717, 1.165) is 17.7 Å². The van der Waals surface area contributed by atoms with Gasteiger partial charge in [-0.3, -0.25) is 19.8 Å². The van der Waals surface area contributed by atoms with Crippen LogP contribution >= 0.6 is 0 Å². The van der Waals surface area contributed by atoms with Crippen molar-refractivity contribution < 1.29 is 33.8 Å². The van der Waals surface area contributed by atoms with Crippen LogP contribution in [0.2, 0.25) is 0 Å². The molecule has 176 valence electrons. The van der Waals surface area contributed by atoms with E-state index in [1.807, 2.05) is 0 Å². The Morgan fingerprint density at radius 1 is 1.15 bits per heavy atom. The first-order chi connectivity index (χ1) is 16.4. The van der Waals surface area contributed by atoms with E-state index >= 15 is 0 Å². The van der Waals surface area contributed by atoms with Gasteiger partial charge in [-0.2, -0.15) is 0 Å². The van der Waals surface area contributed by atoms with Crippen molar-refractivity contribution in [2.45, 2.75) is 38.3 Å². The molecule has 0 bridgehead atoms. The highest BCUT2D eigenvalue weighted by Gasteiger charge is 2.40. The number of ether oxygens (including phenoxy) is 2. The van der Waals surface area contributed by atoms with Crippen LogP contribution < -0.4 is 14.8 Å². The van der Waals surface area contributed by atoms with Gasteiger partial charge >= 0.3 is 12.0 Å². The fourth-order valence-corrected chi connectivity index (χ4v) is 4.23. The summed E-state index contributed by atoms with van der Waals surface area (Å²) in [7, 11) is 1.46. The molecule has 2 aromatic rings. The summed E-state index contributed by atoms with van der Waals surface area (Å²) in [6, 6.07) is 10.4. The smallest absolute Gasteiger partial charge is 0.335 e. The Bertz CT molecular complexity index is 1180. The quantitative estimate of drug-likeness (QED) is 0.476. The number of carboxylic acid groups (broad SMARTS) is 1. The molecule has 0 radical (unpaired) electrons. The molecule has 9 heteroatoms. The second-order valence-corrected chi connectivity index (χ2v) is 8.10. The molecule has 4 rings (SSSR count). The SMILES string of the molecule is COc1cccc(/C=C2\C(=O)NC(=O)N(C3CCCC3)C2=O)c1OCc1cccc(C(=O)O)c1. The Morgan fingerprint density at radius 3 is 2.59 bits per heavy atom. The Balaban J connectivity index is 1.65. The normalized spacial score (nSPS) is 17.7. The lowest BCUT2D eigenvalue weighted by molar-refractivity contribution is -0.131. The van der Waals surface area contributed by atoms with E-state index in [9.17, 15) is 24.3 Å². The molecule has 0 aromatic heterocycles. The summed E-state index contributed by atoms with van der Waals surface area (Å²) in [5, 5.41) is 11.5. The van der Waals surface area contributed by atoms with Crippen molar-refractivity contribution in [1.29, 1.82) is 0 Å². The number of carbonyl (C=O) groups is 4. The number of carbonyl (C=O) groups excluding carboxylic acids is 3. The van der Waals surface area contributed by atoms with Crippen LogP contribution in [-0.4, -0.2) is 47.0 Å². The van der Waals surface area contributed by atoms with Crippen LogP contribution in [0, 0.1) is 0 Å². The van der Waals surface area contributed by atoms with Crippen molar-refractivity contribution in [3.63, 3.8) is 0 Å². The van der Waals surface area contributed by atoms with E-state index < -0.39 is 23.8 Å². The highest BCUT2D eigenvalue weighted by molar-refractivity contribution is 6.31. The Morgan fingerprint density at radius 2 is 1.88 bits per heavy atom. The maximum absolute atomic E-state index is 13.1. The van der Waals surface area contributed by atoms with Crippen molar-refractivity contribution in [2.75, 3.05) is 7.11 Å². The van der Waals surface area contributed by atoms with Crippen LogP contribution in [0.15, 0.2) is 48.0 Å². The predicted molar refractivity (Wildman–Crippen MR) is 121 cm³/mol. The third-order valence-corrected chi connectivity index (χ3v) is 5.91. The van der Waals surface area contributed by atoms with Crippen LogP contribution in [0.3, 0.4) is 0 Å². The first-order valence-corrected chi connectivity index (χ1v) is 10.9. The highest BCUT2D eigenvalue weighted by Crippen LogP contribution is 2.34. The van der Waals surface area contributed by atoms with Crippen molar-refractivity contribution in [3.8, 4) is 11.5 Å². The summed E-state index contributed by atoms with van der Waals surface area (Å²) in [6.07, 6.45) is 4.65. The van der Waals surface area contributed by atoms with E-state index in [2.05, 4.69) is 5.32 Å². The molecule has 2 N–H and O–H groups in total. The average molecular weight is 464 g/mol. The second-order valence-electron chi connectivity index (χ2n) is 8.10. The van der Waals surface area contributed by atoms with Crippen molar-refractivity contribution in [2.24, 2.45) is 0 Å². The number of nitrogens with one attached hydrogen (secondary N) is 1. The third-order valence-electron chi connectivity index (χ3n) is 5.91. The van der Waals surface area contributed by atoms with Gasteiger partial charge in [-0.15, -0.1) is 0 Å². The summed E-state index contributed by atoms with van der Waals surface area (Å²) < 4.78 is 11.4. The molecule has 1 aliphatic carbocycles. The predicted octanol–water partition coefficient (Wildman–Crippen LogP) is 3.38. The molecule has 34 heavy (non-hydrogen) atoms. The van der Waals surface area contributed by atoms with Crippen LogP contribution in [-0.2, 0) is 16.2 Å². The molecular weight excluding hydrogens is 440 g/mol. The number of urea groups is 1. The van der Waals surface area contributed by atoms with Crippen LogP contribution in [0.5, 0.6) is 11.5 Å². The number of carboxylic acids is 1. The van der Waals surface area contributed by atoms with Crippen LogP contribution in [0.1, 0.15) is 47.2 Å². The van der Waals surface area contributed by atoms with Crippen LogP contribution in [0.4, 0.5) is 4.79 Å². The van der Waals surface area contributed by atoms with Gasteiger partial charge in [0.15, 0.2) is 11.5 Å². The van der Waals surface area contributed by atoms with Gasteiger partial charge in [0.25, 0.3) is 11.8 Å². The lowest BCUT2D eigenvalue weighted by atomic mass is 10.0. The third kappa shape index (κ3) is 4.63. The molecule has 1 aliphatic heterocycles. The zero-order valence-corrected chi connectivity index (χ0v) is 18.6. The van der Waals surface area contributed by atoms with E-state index in [1.165, 1.54) is 25.3 Å². The zero-order valence-electron chi connectivity index (χ0n) is 18.6. The molecule has 9 nitrogen and oxygen atoms in total. The van der Waals surface area contributed by atoms with Gasteiger partial charge < -0.3 is 14.6 Å². The molecule has 2 fully saturated rings. The Hall–Kier alpha value is -4.14. The Labute approximate surface area is 196 Å². The molecule has 1 saturated carbocycles. The molecule has 2 aromatic carbocycles. The molecule has 2 aliphatic rings. The number of aromatic carboxylic acids is 1. The summed E-state index contributed by atoms with van der Waals surface area (Å²) in [5.41, 5.74) is 0.990. The maximum Gasteiger partial charge on any atom is 0.335 e. The largest absolute Gasteiger partial charge is 0.493 e. The summed E-state index contributed by atoms with van der Waals surface area (Å²) in [4.78, 5) is 50.4. The summed E-state index contributed by atoms with van der Waals surface area (Å²) >= 11 is 0. The fraction of sp³-hybridized carbons (Fsp3) is 0.280. The van der Waals surface area contributed by atoms with E-state index in [1.54, 1.807) is 30.3 Å².